The molecule has 168 valence electrons. The molecule has 0 heterocycles. The van der Waals surface area contributed by atoms with E-state index < -0.39 is 10.0 Å². The van der Waals surface area contributed by atoms with Crippen molar-refractivity contribution in [3.8, 4) is 0 Å². The van der Waals surface area contributed by atoms with Gasteiger partial charge in [-0.1, -0.05) is 24.3 Å². The zero-order valence-corrected chi connectivity index (χ0v) is 19.8. The van der Waals surface area contributed by atoms with E-state index in [0.29, 0.717) is 16.0 Å². The molecule has 0 fully saturated rings. The Morgan fingerprint density at radius 1 is 1.03 bits per heavy atom. The fourth-order valence-electron chi connectivity index (χ4n) is 2.82. The molecular formula is C22H29N3O4S2. The summed E-state index contributed by atoms with van der Waals surface area (Å²) >= 11 is 1.28. The summed E-state index contributed by atoms with van der Waals surface area (Å²) in [4.78, 5) is 25.4. The lowest BCUT2D eigenvalue weighted by molar-refractivity contribution is -0.119. The molecule has 2 rings (SSSR count). The second kappa shape index (κ2) is 11.3. The minimum absolute atomic E-state index is 0.0546. The standard InChI is InChI=1S/C22H29N3O4S2/c1-15(2)25-21(26)14-30-19-8-6-5-7-18(19)22(27)23-11-12-24-31(28,29)20-13-16(3)9-10-17(20)4/h5-10,13,15,24H,11-12,14H2,1-4H3,(H,23,27)(H,25,26). The number of thioether (sulfide) groups is 1. The summed E-state index contributed by atoms with van der Waals surface area (Å²) in [6.45, 7) is 7.55. The molecule has 0 aromatic heterocycles. The lowest BCUT2D eigenvalue weighted by Crippen LogP contribution is -2.35. The molecule has 31 heavy (non-hydrogen) atoms. The SMILES string of the molecule is Cc1ccc(C)c(S(=O)(=O)NCCNC(=O)c2ccccc2SCC(=O)NC(C)C)c1. The molecule has 3 N–H and O–H groups in total. The number of amides is 2. The van der Waals surface area contributed by atoms with Crippen LogP contribution in [0.1, 0.15) is 35.3 Å². The molecule has 2 aromatic carbocycles. The van der Waals surface area contributed by atoms with E-state index in [0.717, 1.165) is 5.56 Å². The Balaban J connectivity index is 1.92. The molecule has 0 bridgehead atoms. The number of carbonyl (C=O) groups is 2. The van der Waals surface area contributed by atoms with E-state index in [4.69, 9.17) is 0 Å². The van der Waals surface area contributed by atoms with Crippen LogP contribution < -0.4 is 15.4 Å². The summed E-state index contributed by atoms with van der Waals surface area (Å²) in [6, 6.07) is 12.3. The number of hydrogen-bond donors (Lipinski definition) is 3. The van der Waals surface area contributed by atoms with Gasteiger partial charge in [0.25, 0.3) is 5.91 Å². The van der Waals surface area contributed by atoms with Gasteiger partial charge in [-0.2, -0.15) is 0 Å². The third-order valence-corrected chi connectivity index (χ3v) is 6.95. The number of hydrogen-bond acceptors (Lipinski definition) is 5. The van der Waals surface area contributed by atoms with Crippen molar-refractivity contribution in [2.24, 2.45) is 0 Å². The molecule has 7 nitrogen and oxygen atoms in total. The predicted molar refractivity (Wildman–Crippen MR) is 124 cm³/mol. The summed E-state index contributed by atoms with van der Waals surface area (Å²) in [5.41, 5.74) is 1.97. The van der Waals surface area contributed by atoms with Gasteiger partial charge in [0, 0.05) is 24.0 Å². The molecular weight excluding hydrogens is 434 g/mol. The fraction of sp³-hybridized carbons (Fsp3) is 0.364. The first-order valence-electron chi connectivity index (χ1n) is 9.96. The molecule has 0 aliphatic rings. The van der Waals surface area contributed by atoms with Crippen molar-refractivity contribution in [3.63, 3.8) is 0 Å². The molecule has 0 atom stereocenters. The van der Waals surface area contributed by atoms with Crippen LogP contribution in [0.2, 0.25) is 0 Å². The summed E-state index contributed by atoms with van der Waals surface area (Å²) in [6.07, 6.45) is 0. The normalized spacial score (nSPS) is 11.4. The van der Waals surface area contributed by atoms with Crippen LogP contribution in [-0.4, -0.2) is 45.1 Å². The number of carbonyl (C=O) groups excluding carboxylic acids is 2. The van der Waals surface area contributed by atoms with Crippen molar-refractivity contribution in [2.75, 3.05) is 18.8 Å². The lowest BCUT2D eigenvalue weighted by Gasteiger charge is -2.12. The monoisotopic (exact) mass is 463 g/mol. The topological polar surface area (TPSA) is 104 Å². The molecule has 0 radical (unpaired) electrons. The highest BCUT2D eigenvalue weighted by Gasteiger charge is 2.17. The van der Waals surface area contributed by atoms with Gasteiger partial charge < -0.3 is 10.6 Å². The van der Waals surface area contributed by atoms with Crippen LogP contribution in [0.25, 0.3) is 0 Å². The van der Waals surface area contributed by atoms with Crippen LogP contribution in [0.3, 0.4) is 0 Å². The number of rotatable bonds is 10. The van der Waals surface area contributed by atoms with Gasteiger partial charge in [-0.25, -0.2) is 13.1 Å². The molecule has 0 unspecified atom stereocenters. The molecule has 0 spiro atoms. The highest BCUT2D eigenvalue weighted by atomic mass is 32.2. The third kappa shape index (κ3) is 7.68. The Kier molecular flexibility index (Phi) is 9.09. The largest absolute Gasteiger partial charge is 0.353 e. The van der Waals surface area contributed by atoms with Crippen LogP contribution in [0.5, 0.6) is 0 Å². The van der Waals surface area contributed by atoms with Crippen LogP contribution in [0, 0.1) is 13.8 Å². The van der Waals surface area contributed by atoms with Gasteiger partial charge in [0.05, 0.1) is 16.2 Å². The van der Waals surface area contributed by atoms with Crippen molar-refractivity contribution < 1.29 is 18.0 Å². The van der Waals surface area contributed by atoms with Crippen LogP contribution in [0.4, 0.5) is 0 Å². The Labute approximate surface area is 188 Å². The van der Waals surface area contributed by atoms with E-state index in [1.165, 1.54) is 11.8 Å². The quantitative estimate of drug-likeness (QED) is 0.371. The van der Waals surface area contributed by atoms with Gasteiger partial charge >= 0.3 is 0 Å². The Morgan fingerprint density at radius 3 is 2.45 bits per heavy atom. The highest BCUT2D eigenvalue weighted by Crippen LogP contribution is 2.22. The van der Waals surface area contributed by atoms with Gasteiger partial charge in [0.15, 0.2) is 0 Å². The van der Waals surface area contributed by atoms with Crippen molar-refractivity contribution in [2.45, 2.75) is 43.5 Å². The van der Waals surface area contributed by atoms with Gasteiger partial charge in [-0.15, -0.1) is 11.8 Å². The van der Waals surface area contributed by atoms with Crippen LogP contribution >= 0.6 is 11.8 Å². The zero-order chi connectivity index (χ0) is 23.0. The maximum atomic E-state index is 12.6. The van der Waals surface area contributed by atoms with Gasteiger partial charge in [-0.05, 0) is 57.0 Å². The first kappa shape index (κ1) is 24.9. The number of aryl methyl sites for hydroxylation is 2. The zero-order valence-electron chi connectivity index (χ0n) is 18.2. The van der Waals surface area contributed by atoms with E-state index in [-0.39, 0.29) is 41.6 Å². The van der Waals surface area contributed by atoms with E-state index >= 15 is 0 Å². The summed E-state index contributed by atoms with van der Waals surface area (Å²) in [5, 5.41) is 5.54. The van der Waals surface area contributed by atoms with Crippen molar-refractivity contribution in [3.05, 3.63) is 59.2 Å². The molecule has 2 amide bonds. The van der Waals surface area contributed by atoms with E-state index in [1.807, 2.05) is 26.8 Å². The molecule has 9 heteroatoms. The first-order chi connectivity index (χ1) is 14.6. The van der Waals surface area contributed by atoms with E-state index in [2.05, 4.69) is 15.4 Å². The minimum atomic E-state index is -3.66. The molecule has 0 saturated heterocycles. The maximum absolute atomic E-state index is 12.6. The lowest BCUT2D eigenvalue weighted by atomic mass is 10.2. The van der Waals surface area contributed by atoms with Crippen molar-refractivity contribution in [1.29, 1.82) is 0 Å². The minimum Gasteiger partial charge on any atom is -0.353 e. The van der Waals surface area contributed by atoms with Gasteiger partial charge in [-0.3, -0.25) is 9.59 Å². The predicted octanol–water partition coefficient (Wildman–Crippen LogP) is 2.63. The first-order valence-corrected chi connectivity index (χ1v) is 12.4. The maximum Gasteiger partial charge on any atom is 0.252 e. The van der Waals surface area contributed by atoms with Crippen LogP contribution in [-0.2, 0) is 14.8 Å². The van der Waals surface area contributed by atoms with E-state index in [1.54, 1.807) is 43.3 Å². The Hall–Kier alpha value is -2.36. The number of nitrogens with one attached hydrogen (secondary N) is 3. The van der Waals surface area contributed by atoms with Crippen molar-refractivity contribution >= 4 is 33.6 Å². The number of benzene rings is 2. The third-order valence-electron chi connectivity index (χ3n) is 4.28. The Bertz CT molecular complexity index is 1040. The Morgan fingerprint density at radius 2 is 1.74 bits per heavy atom. The second-order valence-electron chi connectivity index (χ2n) is 7.43. The molecule has 2 aromatic rings. The van der Waals surface area contributed by atoms with Gasteiger partial charge in [0.2, 0.25) is 15.9 Å². The van der Waals surface area contributed by atoms with Gasteiger partial charge in [0.1, 0.15) is 0 Å². The number of sulfonamides is 1. The average molecular weight is 464 g/mol. The summed E-state index contributed by atoms with van der Waals surface area (Å²) < 4.78 is 27.6. The summed E-state index contributed by atoms with van der Waals surface area (Å²) in [5.74, 6) is -0.215. The second-order valence-corrected chi connectivity index (χ2v) is 10.2. The van der Waals surface area contributed by atoms with Crippen LogP contribution in [0.15, 0.2) is 52.3 Å². The smallest absolute Gasteiger partial charge is 0.252 e. The van der Waals surface area contributed by atoms with E-state index in [9.17, 15) is 18.0 Å². The fourth-order valence-corrected chi connectivity index (χ4v) is 5.04. The highest BCUT2D eigenvalue weighted by molar-refractivity contribution is 8.00. The molecule has 0 saturated carbocycles. The molecule has 0 aliphatic carbocycles. The van der Waals surface area contributed by atoms with Crippen molar-refractivity contribution in [1.82, 2.24) is 15.4 Å². The summed E-state index contributed by atoms with van der Waals surface area (Å²) in [7, 11) is -3.66. The molecule has 0 aliphatic heterocycles. The average Bonchev–Trinajstić information content (AvgIpc) is 2.71.